The molecular weight excluding hydrogens is 236 g/mol. The predicted molar refractivity (Wildman–Crippen MR) is 62.9 cm³/mol. The Labute approximate surface area is 103 Å². The third-order valence-electron chi connectivity index (χ3n) is 2.36. The van der Waals surface area contributed by atoms with Crippen LogP contribution in [0.25, 0.3) is 0 Å². The number of methoxy groups -OCH3 is 1. The number of nitrogens with zero attached hydrogens (tertiary/aromatic N) is 1. The topological polar surface area (TPSA) is 84.4 Å². The first-order valence-electron chi connectivity index (χ1n) is 5.23. The molecule has 0 fully saturated rings. The van der Waals surface area contributed by atoms with Gasteiger partial charge < -0.3 is 19.6 Å². The number of aromatic carboxylic acids is 1. The lowest BCUT2D eigenvalue weighted by atomic mass is 10.3. The maximum absolute atomic E-state index is 10.8. The zero-order valence-corrected chi connectivity index (χ0v) is 9.71. The van der Waals surface area contributed by atoms with Crippen LogP contribution in [0.5, 0.6) is 11.5 Å². The van der Waals surface area contributed by atoms with Crippen molar-refractivity contribution in [2.45, 2.75) is 6.61 Å². The molecule has 0 saturated carbocycles. The number of nitrogens with one attached hydrogen (secondary N) is 1. The SMILES string of the molecule is COc1ccc(OCc2[nH]cnc2C(=O)O)cc1. The summed E-state index contributed by atoms with van der Waals surface area (Å²) in [6.07, 6.45) is 1.33. The Morgan fingerprint density at radius 1 is 1.33 bits per heavy atom. The maximum Gasteiger partial charge on any atom is 0.356 e. The second-order valence-electron chi connectivity index (χ2n) is 3.50. The van der Waals surface area contributed by atoms with Crippen molar-refractivity contribution in [3.05, 3.63) is 42.0 Å². The quantitative estimate of drug-likeness (QED) is 0.841. The standard InChI is InChI=1S/C12H12N2O4/c1-17-8-2-4-9(5-3-8)18-6-10-11(12(15)16)14-7-13-10/h2-5,7H,6H2,1H3,(H,13,14)(H,15,16). The number of imidazole rings is 1. The van der Waals surface area contributed by atoms with Crippen molar-refractivity contribution in [2.24, 2.45) is 0 Å². The van der Waals surface area contributed by atoms with Gasteiger partial charge in [-0.1, -0.05) is 0 Å². The van der Waals surface area contributed by atoms with Crippen LogP contribution in [0.3, 0.4) is 0 Å². The van der Waals surface area contributed by atoms with Gasteiger partial charge in [-0.2, -0.15) is 0 Å². The monoisotopic (exact) mass is 248 g/mol. The Hall–Kier alpha value is -2.50. The van der Waals surface area contributed by atoms with Crippen molar-refractivity contribution in [3.8, 4) is 11.5 Å². The molecule has 0 aliphatic heterocycles. The summed E-state index contributed by atoms with van der Waals surface area (Å²) in [4.78, 5) is 17.3. The highest BCUT2D eigenvalue weighted by Crippen LogP contribution is 2.18. The number of carbonyl (C=O) groups is 1. The number of aromatic amines is 1. The van der Waals surface area contributed by atoms with Crippen LogP contribution in [0.1, 0.15) is 16.2 Å². The minimum Gasteiger partial charge on any atom is -0.497 e. The first kappa shape index (κ1) is 12.0. The van der Waals surface area contributed by atoms with Crippen molar-refractivity contribution < 1.29 is 19.4 Å². The highest BCUT2D eigenvalue weighted by Gasteiger charge is 2.13. The van der Waals surface area contributed by atoms with Gasteiger partial charge in [-0.25, -0.2) is 9.78 Å². The van der Waals surface area contributed by atoms with Gasteiger partial charge in [0, 0.05) is 0 Å². The maximum atomic E-state index is 10.8. The van der Waals surface area contributed by atoms with Crippen molar-refractivity contribution in [2.75, 3.05) is 7.11 Å². The highest BCUT2D eigenvalue weighted by molar-refractivity contribution is 5.86. The van der Waals surface area contributed by atoms with E-state index in [0.29, 0.717) is 11.4 Å². The number of aromatic nitrogens is 2. The molecule has 6 heteroatoms. The highest BCUT2D eigenvalue weighted by atomic mass is 16.5. The molecule has 1 aromatic heterocycles. The second-order valence-corrected chi connectivity index (χ2v) is 3.50. The number of rotatable bonds is 5. The predicted octanol–water partition coefficient (Wildman–Crippen LogP) is 1.70. The van der Waals surface area contributed by atoms with E-state index in [4.69, 9.17) is 14.6 Å². The van der Waals surface area contributed by atoms with Crippen LogP contribution in [0, 0.1) is 0 Å². The summed E-state index contributed by atoms with van der Waals surface area (Å²) < 4.78 is 10.5. The molecule has 0 bridgehead atoms. The average Bonchev–Trinajstić information content (AvgIpc) is 2.85. The number of carboxylic acid groups (broad SMARTS) is 1. The van der Waals surface area contributed by atoms with Crippen LogP contribution in [-0.2, 0) is 6.61 Å². The third-order valence-corrected chi connectivity index (χ3v) is 2.36. The molecule has 1 aromatic carbocycles. The number of carboxylic acids is 1. The lowest BCUT2D eigenvalue weighted by Crippen LogP contribution is -2.05. The number of hydrogen-bond donors (Lipinski definition) is 2. The summed E-state index contributed by atoms with van der Waals surface area (Å²) in [5.74, 6) is 0.279. The van der Waals surface area contributed by atoms with E-state index in [1.807, 2.05) is 0 Å². The first-order valence-corrected chi connectivity index (χ1v) is 5.23. The molecule has 0 aliphatic carbocycles. The fourth-order valence-corrected chi connectivity index (χ4v) is 1.44. The Morgan fingerprint density at radius 2 is 2.00 bits per heavy atom. The molecule has 2 rings (SSSR count). The summed E-state index contributed by atoms with van der Waals surface area (Å²) in [6.45, 7) is 0.119. The zero-order valence-electron chi connectivity index (χ0n) is 9.71. The number of ether oxygens (including phenoxy) is 2. The minimum absolute atomic E-state index is 0.0245. The van der Waals surface area contributed by atoms with Gasteiger partial charge in [0.05, 0.1) is 19.1 Å². The Bertz CT molecular complexity index is 533. The van der Waals surface area contributed by atoms with Gasteiger partial charge in [-0.15, -0.1) is 0 Å². The van der Waals surface area contributed by atoms with Crippen LogP contribution >= 0.6 is 0 Å². The van der Waals surface area contributed by atoms with Gasteiger partial charge in [0.15, 0.2) is 5.69 Å². The molecule has 94 valence electrons. The molecule has 0 unspecified atom stereocenters. The summed E-state index contributed by atoms with van der Waals surface area (Å²) in [7, 11) is 1.58. The number of hydrogen-bond acceptors (Lipinski definition) is 4. The normalized spacial score (nSPS) is 10.1. The van der Waals surface area contributed by atoms with E-state index >= 15 is 0 Å². The smallest absolute Gasteiger partial charge is 0.356 e. The summed E-state index contributed by atoms with van der Waals surface area (Å²) in [6, 6.07) is 7.02. The molecule has 0 amide bonds. The van der Waals surface area contributed by atoms with E-state index < -0.39 is 5.97 Å². The van der Waals surface area contributed by atoms with Crippen LogP contribution in [0.15, 0.2) is 30.6 Å². The van der Waals surface area contributed by atoms with Crippen LogP contribution in [0.4, 0.5) is 0 Å². The summed E-state index contributed by atoms with van der Waals surface area (Å²) in [5.41, 5.74) is 0.404. The fraction of sp³-hybridized carbons (Fsp3) is 0.167. The van der Waals surface area contributed by atoms with Gasteiger partial charge in [0.1, 0.15) is 18.1 Å². The molecule has 18 heavy (non-hydrogen) atoms. The van der Waals surface area contributed by atoms with E-state index in [1.54, 1.807) is 31.4 Å². The minimum atomic E-state index is -1.08. The van der Waals surface area contributed by atoms with Gasteiger partial charge in [-0.3, -0.25) is 0 Å². The molecule has 0 saturated heterocycles. The van der Waals surface area contributed by atoms with Crippen LogP contribution < -0.4 is 9.47 Å². The lowest BCUT2D eigenvalue weighted by Gasteiger charge is -2.06. The van der Waals surface area contributed by atoms with E-state index in [-0.39, 0.29) is 12.3 Å². The zero-order chi connectivity index (χ0) is 13.0. The molecule has 0 atom stereocenters. The van der Waals surface area contributed by atoms with E-state index in [1.165, 1.54) is 6.33 Å². The van der Waals surface area contributed by atoms with E-state index in [0.717, 1.165) is 5.75 Å². The van der Waals surface area contributed by atoms with Gasteiger partial charge in [0.25, 0.3) is 0 Å². The second kappa shape index (κ2) is 5.22. The Balaban J connectivity index is 2.02. The molecule has 0 radical (unpaired) electrons. The Kier molecular flexibility index (Phi) is 3.47. The largest absolute Gasteiger partial charge is 0.497 e. The molecular formula is C12H12N2O4. The van der Waals surface area contributed by atoms with Gasteiger partial charge in [0.2, 0.25) is 0 Å². The fourth-order valence-electron chi connectivity index (χ4n) is 1.44. The van der Waals surface area contributed by atoms with Gasteiger partial charge in [-0.05, 0) is 24.3 Å². The van der Waals surface area contributed by atoms with Crippen molar-refractivity contribution in [1.82, 2.24) is 9.97 Å². The van der Waals surface area contributed by atoms with E-state index in [9.17, 15) is 4.79 Å². The Morgan fingerprint density at radius 3 is 2.61 bits per heavy atom. The molecule has 1 heterocycles. The molecule has 0 spiro atoms. The van der Waals surface area contributed by atoms with Crippen molar-refractivity contribution in [1.29, 1.82) is 0 Å². The molecule has 0 aliphatic rings. The number of benzene rings is 1. The number of H-pyrrole nitrogens is 1. The molecule has 2 aromatic rings. The van der Waals surface area contributed by atoms with Crippen molar-refractivity contribution in [3.63, 3.8) is 0 Å². The van der Waals surface area contributed by atoms with Crippen molar-refractivity contribution >= 4 is 5.97 Å². The summed E-state index contributed by atoms with van der Waals surface area (Å²) in [5, 5.41) is 8.87. The average molecular weight is 248 g/mol. The lowest BCUT2D eigenvalue weighted by molar-refractivity contribution is 0.0688. The molecule has 6 nitrogen and oxygen atoms in total. The van der Waals surface area contributed by atoms with E-state index in [2.05, 4.69) is 9.97 Å². The first-order chi connectivity index (χ1) is 8.70. The van der Waals surface area contributed by atoms with Crippen LogP contribution in [-0.4, -0.2) is 28.2 Å². The third kappa shape index (κ3) is 2.60. The molecule has 2 N–H and O–H groups in total. The summed E-state index contributed by atoms with van der Waals surface area (Å²) >= 11 is 0. The van der Waals surface area contributed by atoms with Gasteiger partial charge >= 0.3 is 5.97 Å². The van der Waals surface area contributed by atoms with Crippen LogP contribution in [0.2, 0.25) is 0 Å².